The second-order valence-corrected chi connectivity index (χ2v) is 3.12. The van der Waals surface area contributed by atoms with Gasteiger partial charge < -0.3 is 10.1 Å². The molecule has 0 radical (unpaired) electrons. The van der Waals surface area contributed by atoms with Gasteiger partial charge in [0.25, 0.3) is 0 Å². The van der Waals surface area contributed by atoms with Crippen molar-refractivity contribution in [2.75, 3.05) is 12.4 Å². The number of benzene rings is 1. The second-order valence-electron chi connectivity index (χ2n) is 3.12. The lowest BCUT2D eigenvalue weighted by Crippen LogP contribution is -2.05. The number of anilines is 1. The summed E-state index contributed by atoms with van der Waals surface area (Å²) in [6, 6.07) is 5.49. The van der Waals surface area contributed by atoms with Crippen LogP contribution in [0.25, 0.3) is 6.08 Å². The summed E-state index contributed by atoms with van der Waals surface area (Å²) >= 11 is 0. The monoisotopic (exact) mass is 201 g/mol. The van der Waals surface area contributed by atoms with E-state index in [1.54, 1.807) is 6.07 Å². The molecule has 0 fully saturated rings. The Kier molecular flexibility index (Phi) is 2.54. The zero-order chi connectivity index (χ0) is 10.7. The number of allylic oxidation sites excluding steroid dienone is 2. The van der Waals surface area contributed by atoms with Gasteiger partial charge in [-0.15, -0.1) is 0 Å². The van der Waals surface area contributed by atoms with Gasteiger partial charge in [0.2, 0.25) is 0 Å². The van der Waals surface area contributed by atoms with Crippen LogP contribution in [0, 0.1) is 0 Å². The summed E-state index contributed by atoms with van der Waals surface area (Å²) in [4.78, 5) is 11.5. The van der Waals surface area contributed by atoms with Gasteiger partial charge in [0.1, 0.15) is 0 Å². The lowest BCUT2D eigenvalue weighted by atomic mass is 10.1. The minimum absolute atomic E-state index is 0.319. The number of rotatable bonds is 1. The lowest BCUT2D eigenvalue weighted by molar-refractivity contribution is 0.0600. The maximum atomic E-state index is 11.5. The fraction of sp³-hybridized carbons (Fsp3) is 0.0833. The van der Waals surface area contributed by atoms with Gasteiger partial charge >= 0.3 is 5.97 Å². The molecule has 1 aromatic rings. The fourth-order valence-corrected chi connectivity index (χ4v) is 1.50. The van der Waals surface area contributed by atoms with Crippen molar-refractivity contribution in [2.45, 2.75) is 0 Å². The van der Waals surface area contributed by atoms with E-state index < -0.39 is 0 Å². The highest BCUT2D eigenvalue weighted by atomic mass is 16.5. The number of hydrogen-bond acceptors (Lipinski definition) is 3. The molecule has 0 spiro atoms. The van der Waals surface area contributed by atoms with E-state index in [-0.39, 0.29) is 5.97 Å². The first-order chi connectivity index (χ1) is 7.33. The van der Waals surface area contributed by atoms with E-state index in [1.807, 2.05) is 36.6 Å². The molecule has 3 nitrogen and oxygen atoms in total. The Morgan fingerprint density at radius 3 is 3.00 bits per heavy atom. The normalized spacial score (nSPS) is 12.6. The molecule has 0 aliphatic carbocycles. The van der Waals surface area contributed by atoms with E-state index in [1.165, 1.54) is 7.11 Å². The topological polar surface area (TPSA) is 38.3 Å². The number of carbonyl (C=O) groups excluding carboxylic acids is 1. The van der Waals surface area contributed by atoms with Crippen molar-refractivity contribution in [2.24, 2.45) is 0 Å². The van der Waals surface area contributed by atoms with E-state index in [0.29, 0.717) is 5.56 Å². The highest BCUT2D eigenvalue weighted by Gasteiger charge is 2.13. The van der Waals surface area contributed by atoms with E-state index in [4.69, 9.17) is 4.74 Å². The minimum Gasteiger partial charge on any atom is -0.465 e. The molecular formula is C12H11NO2. The third kappa shape index (κ3) is 1.76. The van der Waals surface area contributed by atoms with Crippen LogP contribution in [0.4, 0.5) is 5.69 Å². The molecule has 0 unspecified atom stereocenters. The first-order valence-electron chi connectivity index (χ1n) is 4.64. The fourth-order valence-electron chi connectivity index (χ4n) is 1.50. The predicted octanol–water partition coefficient (Wildman–Crippen LogP) is 2.43. The highest BCUT2D eigenvalue weighted by Crippen LogP contribution is 2.24. The Balaban J connectivity index is 2.54. The minimum atomic E-state index is -0.319. The standard InChI is InChI=1S/C12H11NO2/c1-15-12(14)10-6-4-7-11-9(10)5-2-3-8-13-11/h2-8,13H,1H3. The SMILES string of the molecule is COC(=O)c1cccc2c1C=CC=CN2. The number of methoxy groups -OCH3 is 1. The molecule has 1 N–H and O–H groups in total. The molecule has 76 valence electrons. The summed E-state index contributed by atoms with van der Waals surface area (Å²) in [5, 5.41) is 3.09. The third-order valence-electron chi connectivity index (χ3n) is 2.22. The quantitative estimate of drug-likeness (QED) is 0.709. The smallest absolute Gasteiger partial charge is 0.338 e. The van der Waals surface area contributed by atoms with Gasteiger partial charge in [-0.25, -0.2) is 4.79 Å². The first-order valence-corrected chi connectivity index (χ1v) is 4.64. The van der Waals surface area contributed by atoms with Gasteiger partial charge in [0, 0.05) is 17.5 Å². The molecule has 1 aliphatic rings. The maximum absolute atomic E-state index is 11.5. The molecular weight excluding hydrogens is 190 g/mol. The van der Waals surface area contributed by atoms with Crippen LogP contribution < -0.4 is 5.32 Å². The van der Waals surface area contributed by atoms with Crippen molar-refractivity contribution >= 4 is 17.7 Å². The molecule has 1 aliphatic heterocycles. The van der Waals surface area contributed by atoms with E-state index in [2.05, 4.69) is 5.32 Å². The molecule has 2 rings (SSSR count). The van der Waals surface area contributed by atoms with Crippen LogP contribution in [0.3, 0.4) is 0 Å². The number of fused-ring (bicyclic) bond motifs is 1. The van der Waals surface area contributed by atoms with Crippen molar-refractivity contribution < 1.29 is 9.53 Å². The van der Waals surface area contributed by atoms with Crippen molar-refractivity contribution in [3.63, 3.8) is 0 Å². The molecule has 1 aromatic carbocycles. The van der Waals surface area contributed by atoms with Crippen molar-refractivity contribution in [1.82, 2.24) is 0 Å². The van der Waals surface area contributed by atoms with Crippen LogP contribution in [0.1, 0.15) is 15.9 Å². The average Bonchev–Trinajstić information content (AvgIpc) is 2.52. The largest absolute Gasteiger partial charge is 0.465 e. The predicted molar refractivity (Wildman–Crippen MR) is 59.6 cm³/mol. The Hall–Kier alpha value is -2.03. The molecule has 0 saturated carbocycles. The van der Waals surface area contributed by atoms with Gasteiger partial charge in [-0.1, -0.05) is 18.2 Å². The summed E-state index contributed by atoms with van der Waals surface area (Å²) in [6.07, 6.45) is 7.47. The summed E-state index contributed by atoms with van der Waals surface area (Å²) < 4.78 is 4.72. The zero-order valence-corrected chi connectivity index (χ0v) is 8.36. The Morgan fingerprint density at radius 1 is 1.33 bits per heavy atom. The van der Waals surface area contributed by atoms with Gasteiger partial charge in [-0.05, 0) is 18.2 Å². The Bertz CT molecular complexity index is 447. The lowest BCUT2D eigenvalue weighted by Gasteiger charge is -2.08. The van der Waals surface area contributed by atoms with Crippen molar-refractivity contribution in [3.8, 4) is 0 Å². The van der Waals surface area contributed by atoms with E-state index >= 15 is 0 Å². The molecule has 3 heteroatoms. The zero-order valence-electron chi connectivity index (χ0n) is 8.36. The van der Waals surface area contributed by atoms with Crippen LogP contribution in [0.2, 0.25) is 0 Å². The number of hydrogen-bond donors (Lipinski definition) is 1. The van der Waals surface area contributed by atoms with Crippen LogP contribution in [0.15, 0.2) is 36.6 Å². The summed E-state index contributed by atoms with van der Waals surface area (Å²) in [5.41, 5.74) is 2.33. The third-order valence-corrected chi connectivity index (χ3v) is 2.22. The van der Waals surface area contributed by atoms with Gasteiger partial charge in [0.05, 0.1) is 12.7 Å². The molecule has 0 bridgehead atoms. The number of nitrogens with one attached hydrogen (secondary N) is 1. The second kappa shape index (κ2) is 4.00. The van der Waals surface area contributed by atoms with Crippen molar-refractivity contribution in [3.05, 3.63) is 47.7 Å². The highest BCUT2D eigenvalue weighted by molar-refractivity contribution is 5.96. The van der Waals surface area contributed by atoms with Crippen LogP contribution >= 0.6 is 0 Å². The van der Waals surface area contributed by atoms with Gasteiger partial charge in [-0.3, -0.25) is 0 Å². The molecule has 15 heavy (non-hydrogen) atoms. The van der Waals surface area contributed by atoms with Crippen LogP contribution in [0.5, 0.6) is 0 Å². The molecule has 0 atom stereocenters. The molecule has 0 aromatic heterocycles. The molecule has 0 amide bonds. The summed E-state index contributed by atoms with van der Waals surface area (Å²) in [5.74, 6) is -0.319. The van der Waals surface area contributed by atoms with E-state index in [9.17, 15) is 4.79 Å². The molecule has 0 saturated heterocycles. The number of ether oxygens (including phenoxy) is 1. The van der Waals surface area contributed by atoms with Gasteiger partial charge in [-0.2, -0.15) is 0 Å². The number of carbonyl (C=O) groups is 1. The number of esters is 1. The maximum Gasteiger partial charge on any atom is 0.338 e. The summed E-state index contributed by atoms with van der Waals surface area (Å²) in [6.45, 7) is 0. The van der Waals surface area contributed by atoms with Gasteiger partial charge in [0.15, 0.2) is 0 Å². The Labute approximate surface area is 88.1 Å². The van der Waals surface area contributed by atoms with Crippen LogP contribution in [-0.2, 0) is 4.74 Å². The Morgan fingerprint density at radius 2 is 2.20 bits per heavy atom. The van der Waals surface area contributed by atoms with E-state index in [0.717, 1.165) is 11.3 Å². The molecule has 1 heterocycles. The average molecular weight is 201 g/mol. The summed E-state index contributed by atoms with van der Waals surface area (Å²) in [7, 11) is 1.38. The first kappa shape index (κ1) is 9.52. The van der Waals surface area contributed by atoms with Crippen molar-refractivity contribution in [1.29, 1.82) is 0 Å². The van der Waals surface area contributed by atoms with Crippen LogP contribution in [-0.4, -0.2) is 13.1 Å².